The summed E-state index contributed by atoms with van der Waals surface area (Å²) in [6, 6.07) is 33.8. The van der Waals surface area contributed by atoms with E-state index in [2.05, 4.69) is 26.9 Å². The molecule has 274 valence electrons. The van der Waals surface area contributed by atoms with E-state index >= 15 is 0 Å². The van der Waals surface area contributed by atoms with E-state index in [0.717, 1.165) is 22.4 Å². The smallest absolute Gasteiger partial charge is 0.250 e. The molecular formula is C42H45ClN6O4. The van der Waals surface area contributed by atoms with Gasteiger partial charge in [0.2, 0.25) is 17.7 Å². The molecule has 2 saturated heterocycles. The standard InChI is InChI=1S/C42H45ClN6O4/c43-34-17-15-31(16-18-34)25-37(46-39(51)36-26-32-11-7-8-12-33(32)27-45-36)40(52)47-23-20-42(21-24-47)41(53)48(29-49(42)35-13-5-2-6-14-35)28-38(50)44-22-19-30-9-3-1-4-10-30/h1-18,36-37,45H,19-29H2,(H,44,50)(H,46,51)/t36-,37-/m1/s1. The predicted molar refractivity (Wildman–Crippen MR) is 205 cm³/mol. The summed E-state index contributed by atoms with van der Waals surface area (Å²) in [6.45, 7) is 1.94. The van der Waals surface area contributed by atoms with Crippen LogP contribution in [-0.4, -0.2) is 83.9 Å². The molecule has 3 aliphatic rings. The second-order valence-electron chi connectivity index (χ2n) is 14.1. The van der Waals surface area contributed by atoms with Crippen LogP contribution in [0.15, 0.2) is 109 Å². The topological polar surface area (TPSA) is 114 Å². The summed E-state index contributed by atoms with van der Waals surface area (Å²) in [6.07, 6.45) is 2.32. The molecule has 4 aromatic rings. The molecule has 0 bridgehead atoms. The molecular weight excluding hydrogens is 688 g/mol. The molecule has 0 aromatic heterocycles. The highest BCUT2D eigenvalue weighted by Crippen LogP contribution is 2.39. The number of rotatable bonds is 11. The number of nitrogens with zero attached hydrogens (tertiary/aromatic N) is 3. The molecule has 0 saturated carbocycles. The maximum absolute atomic E-state index is 14.3. The Labute approximate surface area is 315 Å². The molecule has 4 aromatic carbocycles. The van der Waals surface area contributed by atoms with Gasteiger partial charge in [-0.1, -0.05) is 96.5 Å². The number of hydrogen-bond acceptors (Lipinski definition) is 6. The Bertz CT molecular complexity index is 1920. The van der Waals surface area contributed by atoms with Crippen molar-refractivity contribution in [3.8, 4) is 0 Å². The van der Waals surface area contributed by atoms with Crippen molar-refractivity contribution in [1.82, 2.24) is 25.8 Å². The van der Waals surface area contributed by atoms with Crippen LogP contribution in [0.3, 0.4) is 0 Å². The van der Waals surface area contributed by atoms with Gasteiger partial charge < -0.3 is 30.7 Å². The van der Waals surface area contributed by atoms with Crippen molar-refractivity contribution >= 4 is 40.9 Å². The summed E-state index contributed by atoms with van der Waals surface area (Å²) >= 11 is 6.16. The van der Waals surface area contributed by atoms with Gasteiger partial charge in [-0.3, -0.25) is 19.2 Å². The molecule has 3 N–H and O–H groups in total. The Kier molecular flexibility index (Phi) is 11.1. The monoisotopic (exact) mass is 732 g/mol. The normalized spacial score (nSPS) is 18.4. The Hall–Kier alpha value is -5.19. The zero-order valence-electron chi connectivity index (χ0n) is 29.7. The van der Waals surface area contributed by atoms with Crippen molar-refractivity contribution in [2.45, 2.75) is 56.3 Å². The van der Waals surface area contributed by atoms with Crippen LogP contribution in [0.4, 0.5) is 5.69 Å². The van der Waals surface area contributed by atoms with Crippen molar-refractivity contribution < 1.29 is 19.2 Å². The van der Waals surface area contributed by atoms with Crippen LogP contribution < -0.4 is 20.9 Å². The Balaban J connectivity index is 1.04. The van der Waals surface area contributed by atoms with Gasteiger partial charge in [0.15, 0.2) is 0 Å². The first kappa shape index (κ1) is 36.2. The van der Waals surface area contributed by atoms with E-state index in [1.54, 1.807) is 21.9 Å². The maximum atomic E-state index is 14.3. The summed E-state index contributed by atoms with van der Waals surface area (Å²) < 4.78 is 0. The van der Waals surface area contributed by atoms with E-state index in [1.807, 2.05) is 91.0 Å². The second-order valence-corrected chi connectivity index (χ2v) is 14.6. The van der Waals surface area contributed by atoms with E-state index < -0.39 is 17.6 Å². The zero-order valence-corrected chi connectivity index (χ0v) is 30.4. The van der Waals surface area contributed by atoms with Crippen molar-refractivity contribution in [1.29, 1.82) is 0 Å². The van der Waals surface area contributed by atoms with Gasteiger partial charge in [0, 0.05) is 43.3 Å². The summed E-state index contributed by atoms with van der Waals surface area (Å²) in [5, 5.41) is 9.98. The molecule has 3 heterocycles. The van der Waals surface area contributed by atoms with Crippen LogP contribution in [0.2, 0.25) is 5.02 Å². The molecule has 2 atom stereocenters. The van der Waals surface area contributed by atoms with E-state index in [1.165, 1.54) is 5.56 Å². The van der Waals surface area contributed by atoms with E-state index in [4.69, 9.17) is 11.6 Å². The third kappa shape index (κ3) is 8.24. The number of nitrogens with one attached hydrogen (secondary N) is 3. The molecule has 2 fully saturated rings. The Morgan fingerprint density at radius 2 is 1.49 bits per heavy atom. The van der Waals surface area contributed by atoms with Gasteiger partial charge >= 0.3 is 0 Å². The molecule has 0 unspecified atom stereocenters. The summed E-state index contributed by atoms with van der Waals surface area (Å²) in [7, 11) is 0. The minimum absolute atomic E-state index is 0.0454. The highest BCUT2D eigenvalue weighted by Gasteiger charge is 2.54. The maximum Gasteiger partial charge on any atom is 0.250 e. The minimum atomic E-state index is -0.906. The minimum Gasteiger partial charge on any atom is -0.354 e. The lowest BCUT2D eigenvalue weighted by Crippen LogP contribution is -2.60. The van der Waals surface area contributed by atoms with Crippen molar-refractivity contribution in [2.75, 3.05) is 37.7 Å². The molecule has 53 heavy (non-hydrogen) atoms. The number of amides is 4. The van der Waals surface area contributed by atoms with Crippen LogP contribution in [-0.2, 0) is 45.0 Å². The number of carbonyl (C=O) groups is 4. The molecule has 3 aliphatic heterocycles. The van der Waals surface area contributed by atoms with Crippen LogP contribution in [0.1, 0.15) is 35.1 Å². The van der Waals surface area contributed by atoms with Crippen LogP contribution >= 0.6 is 11.6 Å². The third-order valence-corrected chi connectivity index (χ3v) is 11.0. The first-order valence-electron chi connectivity index (χ1n) is 18.4. The number of piperidine rings is 1. The Morgan fingerprint density at radius 1 is 0.830 bits per heavy atom. The fourth-order valence-electron chi connectivity index (χ4n) is 7.83. The first-order valence-corrected chi connectivity index (χ1v) is 18.7. The lowest BCUT2D eigenvalue weighted by molar-refractivity contribution is -0.141. The fraction of sp³-hybridized carbons (Fsp3) is 0.333. The number of hydrogen-bond donors (Lipinski definition) is 3. The highest BCUT2D eigenvalue weighted by atomic mass is 35.5. The number of benzene rings is 4. The molecule has 10 nitrogen and oxygen atoms in total. The average Bonchev–Trinajstić information content (AvgIpc) is 3.45. The number of para-hydroxylation sites is 1. The second kappa shape index (κ2) is 16.2. The quantitative estimate of drug-likeness (QED) is 0.214. The van der Waals surface area contributed by atoms with E-state index in [-0.39, 0.29) is 36.8 Å². The summed E-state index contributed by atoms with van der Waals surface area (Å²) in [5.74, 6) is -0.727. The molecule has 7 rings (SSSR count). The van der Waals surface area contributed by atoms with Gasteiger partial charge in [-0.25, -0.2) is 0 Å². The molecule has 11 heteroatoms. The number of anilines is 1. The average molecular weight is 733 g/mol. The van der Waals surface area contributed by atoms with Gasteiger partial charge in [0.25, 0.3) is 5.91 Å². The lowest BCUT2D eigenvalue weighted by Gasteiger charge is -2.44. The summed E-state index contributed by atoms with van der Waals surface area (Å²) in [5.41, 5.74) is 4.28. The van der Waals surface area contributed by atoms with Gasteiger partial charge in [-0.05, 0) is 72.2 Å². The van der Waals surface area contributed by atoms with Crippen molar-refractivity contribution in [2.24, 2.45) is 0 Å². The predicted octanol–water partition coefficient (Wildman–Crippen LogP) is 4.11. The van der Waals surface area contributed by atoms with E-state index in [9.17, 15) is 19.2 Å². The van der Waals surface area contributed by atoms with Crippen LogP contribution in [0, 0.1) is 0 Å². The molecule has 0 radical (unpaired) electrons. The molecule has 0 aliphatic carbocycles. The van der Waals surface area contributed by atoms with Gasteiger partial charge in [-0.2, -0.15) is 0 Å². The van der Waals surface area contributed by atoms with Crippen molar-refractivity contribution in [3.63, 3.8) is 0 Å². The van der Waals surface area contributed by atoms with Crippen molar-refractivity contribution in [3.05, 3.63) is 136 Å². The van der Waals surface area contributed by atoms with Crippen LogP contribution in [0.25, 0.3) is 0 Å². The van der Waals surface area contributed by atoms with Crippen LogP contribution in [0.5, 0.6) is 0 Å². The van der Waals surface area contributed by atoms with Gasteiger partial charge in [0.1, 0.15) is 18.1 Å². The zero-order chi connectivity index (χ0) is 36.8. The number of likely N-dealkylation sites (tertiary alicyclic amines) is 1. The third-order valence-electron chi connectivity index (χ3n) is 10.8. The number of halogens is 1. The van der Waals surface area contributed by atoms with Gasteiger partial charge in [-0.15, -0.1) is 0 Å². The molecule has 1 spiro atoms. The highest BCUT2D eigenvalue weighted by molar-refractivity contribution is 6.30. The first-order chi connectivity index (χ1) is 25.8. The fourth-order valence-corrected chi connectivity index (χ4v) is 7.95. The molecule has 4 amide bonds. The lowest BCUT2D eigenvalue weighted by atomic mass is 9.85. The van der Waals surface area contributed by atoms with E-state index in [0.29, 0.717) is 63.3 Å². The largest absolute Gasteiger partial charge is 0.354 e. The van der Waals surface area contributed by atoms with Gasteiger partial charge in [0.05, 0.1) is 12.7 Å². The summed E-state index contributed by atoms with van der Waals surface area (Å²) in [4.78, 5) is 60.9. The number of carbonyl (C=O) groups excluding carboxylic acids is 4. The Morgan fingerprint density at radius 3 is 2.21 bits per heavy atom. The SMILES string of the molecule is O=C(CN1CN(c2ccccc2)C2(CCN(C(=O)[C@@H](Cc3ccc(Cl)cc3)NC(=O)[C@H]3Cc4ccccc4CN3)CC2)C1=O)NCCc1ccccc1. The number of fused-ring (bicyclic) bond motifs is 1.